The highest BCUT2D eigenvalue weighted by molar-refractivity contribution is 7.10. The van der Waals surface area contributed by atoms with Crippen molar-refractivity contribution in [1.29, 1.82) is 0 Å². The molecule has 1 aromatic carbocycles. The van der Waals surface area contributed by atoms with Crippen molar-refractivity contribution < 1.29 is 4.79 Å². The minimum atomic E-state index is 0.000648. The molecule has 0 fully saturated rings. The van der Waals surface area contributed by atoms with E-state index in [9.17, 15) is 4.79 Å². The van der Waals surface area contributed by atoms with Crippen LogP contribution in [0, 0.1) is 6.92 Å². The van der Waals surface area contributed by atoms with Crippen molar-refractivity contribution >= 4 is 22.9 Å². The molecule has 0 aliphatic rings. The third kappa shape index (κ3) is 3.11. The topological polar surface area (TPSA) is 55.1 Å². The van der Waals surface area contributed by atoms with Crippen molar-refractivity contribution in [2.75, 3.05) is 5.73 Å². The minimum Gasteiger partial charge on any atom is -0.398 e. The number of amides is 1. The molecule has 94 valence electrons. The summed E-state index contributed by atoms with van der Waals surface area (Å²) >= 11 is 1.66. The molecule has 0 spiro atoms. The van der Waals surface area contributed by atoms with Gasteiger partial charge in [-0.2, -0.15) is 0 Å². The van der Waals surface area contributed by atoms with Gasteiger partial charge in [-0.25, -0.2) is 0 Å². The molecule has 0 unspecified atom stereocenters. The summed E-state index contributed by atoms with van der Waals surface area (Å²) < 4.78 is 0. The lowest BCUT2D eigenvalue weighted by atomic mass is 10.1. The highest BCUT2D eigenvalue weighted by Crippen LogP contribution is 2.15. The Morgan fingerprint density at radius 1 is 1.33 bits per heavy atom. The molecule has 0 aliphatic heterocycles. The molecule has 1 amide bonds. The number of nitrogens with two attached hydrogens (primary N) is 1. The first-order valence-electron chi connectivity index (χ1n) is 5.80. The smallest absolute Gasteiger partial charge is 0.224 e. The number of carbonyl (C=O) groups excluding carboxylic acids is 1. The first-order valence-corrected chi connectivity index (χ1v) is 6.68. The zero-order valence-electron chi connectivity index (χ0n) is 10.3. The van der Waals surface area contributed by atoms with Crippen molar-refractivity contribution in [2.24, 2.45) is 0 Å². The molecule has 0 aliphatic carbocycles. The highest BCUT2D eigenvalue weighted by atomic mass is 32.1. The molecule has 4 heteroatoms. The van der Waals surface area contributed by atoms with Gasteiger partial charge in [0.2, 0.25) is 5.91 Å². The van der Waals surface area contributed by atoms with Crippen LogP contribution in [0.2, 0.25) is 0 Å². The molecular formula is C14H16N2OS. The second kappa shape index (κ2) is 5.69. The molecule has 2 aromatic rings. The average molecular weight is 260 g/mol. The predicted molar refractivity (Wildman–Crippen MR) is 75.5 cm³/mol. The van der Waals surface area contributed by atoms with Crippen LogP contribution < -0.4 is 11.1 Å². The van der Waals surface area contributed by atoms with Crippen molar-refractivity contribution in [2.45, 2.75) is 19.9 Å². The number of thiophene rings is 1. The third-order valence-electron chi connectivity index (χ3n) is 2.82. The normalized spacial score (nSPS) is 10.3. The Kier molecular flexibility index (Phi) is 3.99. The van der Waals surface area contributed by atoms with E-state index in [-0.39, 0.29) is 5.91 Å². The second-order valence-corrected chi connectivity index (χ2v) is 5.18. The second-order valence-electron chi connectivity index (χ2n) is 4.18. The number of para-hydroxylation sites is 1. The summed E-state index contributed by atoms with van der Waals surface area (Å²) in [6, 6.07) is 9.51. The van der Waals surface area contributed by atoms with Crippen LogP contribution in [-0.2, 0) is 17.8 Å². The van der Waals surface area contributed by atoms with Gasteiger partial charge in [0, 0.05) is 10.6 Å². The van der Waals surface area contributed by atoms with E-state index in [4.69, 9.17) is 5.73 Å². The third-order valence-corrected chi connectivity index (χ3v) is 3.84. The zero-order chi connectivity index (χ0) is 13.0. The Morgan fingerprint density at radius 3 is 2.78 bits per heavy atom. The number of carbonyl (C=O) groups is 1. The lowest BCUT2D eigenvalue weighted by Crippen LogP contribution is -2.24. The summed E-state index contributed by atoms with van der Waals surface area (Å²) in [5.41, 5.74) is 8.57. The summed E-state index contributed by atoms with van der Waals surface area (Å²) in [7, 11) is 0. The van der Waals surface area contributed by atoms with Crippen LogP contribution in [-0.4, -0.2) is 5.91 Å². The van der Waals surface area contributed by atoms with Gasteiger partial charge in [0.25, 0.3) is 0 Å². The molecule has 3 N–H and O–H groups in total. The van der Waals surface area contributed by atoms with Gasteiger partial charge in [-0.1, -0.05) is 18.2 Å². The molecule has 0 radical (unpaired) electrons. The van der Waals surface area contributed by atoms with Gasteiger partial charge in [-0.15, -0.1) is 11.3 Å². The SMILES string of the molecule is Cc1ccsc1CNC(=O)Cc1ccccc1N. The molecule has 0 saturated heterocycles. The maximum Gasteiger partial charge on any atom is 0.224 e. The van der Waals surface area contributed by atoms with E-state index in [1.165, 1.54) is 10.4 Å². The van der Waals surface area contributed by atoms with Gasteiger partial charge in [0.05, 0.1) is 13.0 Å². The van der Waals surface area contributed by atoms with Gasteiger partial charge in [-0.05, 0) is 35.6 Å². The number of hydrogen-bond acceptors (Lipinski definition) is 3. The fourth-order valence-electron chi connectivity index (χ4n) is 1.69. The number of rotatable bonds is 4. The van der Waals surface area contributed by atoms with Crippen LogP contribution in [0.25, 0.3) is 0 Å². The predicted octanol–water partition coefficient (Wildman–Crippen LogP) is 2.50. The summed E-state index contributed by atoms with van der Waals surface area (Å²) in [5.74, 6) is 0.000648. The maximum absolute atomic E-state index is 11.8. The first kappa shape index (κ1) is 12.6. The molecular weight excluding hydrogens is 244 g/mol. The fourth-order valence-corrected chi connectivity index (χ4v) is 2.54. The van der Waals surface area contributed by atoms with Gasteiger partial charge in [-0.3, -0.25) is 4.79 Å². The summed E-state index contributed by atoms with van der Waals surface area (Å²) in [5, 5.41) is 4.95. The van der Waals surface area contributed by atoms with Gasteiger partial charge < -0.3 is 11.1 Å². The molecule has 0 atom stereocenters. The van der Waals surface area contributed by atoms with Crippen LogP contribution >= 0.6 is 11.3 Å². The average Bonchev–Trinajstić information content (AvgIpc) is 2.75. The largest absolute Gasteiger partial charge is 0.398 e. The zero-order valence-corrected chi connectivity index (χ0v) is 11.1. The Morgan fingerprint density at radius 2 is 2.11 bits per heavy atom. The van der Waals surface area contributed by atoms with Crippen molar-refractivity contribution in [3.8, 4) is 0 Å². The van der Waals surface area contributed by atoms with E-state index in [2.05, 4.69) is 11.4 Å². The highest BCUT2D eigenvalue weighted by Gasteiger charge is 2.07. The quantitative estimate of drug-likeness (QED) is 0.830. The van der Waals surface area contributed by atoms with E-state index in [0.717, 1.165) is 5.56 Å². The van der Waals surface area contributed by atoms with E-state index in [1.54, 1.807) is 11.3 Å². The number of nitrogen functional groups attached to an aromatic ring is 1. The number of anilines is 1. The molecule has 2 rings (SSSR count). The van der Waals surface area contributed by atoms with Crippen LogP contribution in [0.5, 0.6) is 0 Å². The van der Waals surface area contributed by atoms with E-state index in [0.29, 0.717) is 18.7 Å². The van der Waals surface area contributed by atoms with Crippen molar-refractivity contribution in [3.63, 3.8) is 0 Å². The minimum absolute atomic E-state index is 0.000648. The van der Waals surface area contributed by atoms with Crippen LogP contribution in [0.3, 0.4) is 0 Å². The number of hydrogen-bond donors (Lipinski definition) is 2. The monoisotopic (exact) mass is 260 g/mol. The summed E-state index contributed by atoms with van der Waals surface area (Å²) in [6.45, 7) is 2.64. The van der Waals surface area contributed by atoms with Crippen molar-refractivity contribution in [3.05, 3.63) is 51.7 Å². The maximum atomic E-state index is 11.8. The van der Waals surface area contributed by atoms with Crippen LogP contribution in [0.15, 0.2) is 35.7 Å². The van der Waals surface area contributed by atoms with Gasteiger partial charge >= 0.3 is 0 Å². The summed E-state index contributed by atoms with van der Waals surface area (Å²) in [6.07, 6.45) is 0.330. The van der Waals surface area contributed by atoms with Crippen molar-refractivity contribution in [1.82, 2.24) is 5.32 Å². The molecule has 3 nitrogen and oxygen atoms in total. The Labute approximate surface area is 111 Å². The molecule has 18 heavy (non-hydrogen) atoms. The number of benzene rings is 1. The Balaban J connectivity index is 1.90. The van der Waals surface area contributed by atoms with Gasteiger partial charge in [0.1, 0.15) is 0 Å². The first-order chi connectivity index (χ1) is 8.66. The Bertz CT molecular complexity index is 548. The lowest BCUT2D eigenvalue weighted by Gasteiger charge is -2.06. The fraction of sp³-hybridized carbons (Fsp3) is 0.214. The van der Waals surface area contributed by atoms with Crippen LogP contribution in [0.1, 0.15) is 16.0 Å². The number of nitrogens with one attached hydrogen (secondary N) is 1. The molecule has 0 saturated carbocycles. The summed E-state index contributed by atoms with van der Waals surface area (Å²) in [4.78, 5) is 13.0. The molecule has 1 heterocycles. The Hall–Kier alpha value is -1.81. The van der Waals surface area contributed by atoms with E-state index < -0.39 is 0 Å². The lowest BCUT2D eigenvalue weighted by molar-refractivity contribution is -0.120. The molecule has 1 aromatic heterocycles. The van der Waals surface area contributed by atoms with Gasteiger partial charge in [0.15, 0.2) is 0 Å². The van der Waals surface area contributed by atoms with E-state index in [1.807, 2.05) is 36.6 Å². The van der Waals surface area contributed by atoms with Crippen LogP contribution in [0.4, 0.5) is 5.69 Å². The standard InChI is InChI=1S/C14H16N2OS/c1-10-6-7-18-13(10)9-16-14(17)8-11-4-2-3-5-12(11)15/h2-7H,8-9,15H2,1H3,(H,16,17). The number of aryl methyl sites for hydroxylation is 1. The molecule has 0 bridgehead atoms. The van der Waals surface area contributed by atoms with E-state index >= 15 is 0 Å².